The molecule has 0 aliphatic carbocycles. The van der Waals surface area contributed by atoms with E-state index in [0.29, 0.717) is 10.0 Å². The summed E-state index contributed by atoms with van der Waals surface area (Å²) in [7, 11) is 0. The summed E-state index contributed by atoms with van der Waals surface area (Å²) in [6, 6.07) is 5.03. The fraction of sp³-hybridized carbons (Fsp3) is 0.200. The molecule has 0 saturated carbocycles. The summed E-state index contributed by atoms with van der Waals surface area (Å²) < 4.78 is 13.7. The van der Waals surface area contributed by atoms with Crippen molar-refractivity contribution in [1.29, 1.82) is 0 Å². The molecule has 1 aromatic rings. The van der Waals surface area contributed by atoms with E-state index in [2.05, 4.69) is 15.9 Å². The lowest BCUT2D eigenvalue weighted by molar-refractivity contribution is 0.245. The fourth-order valence-electron chi connectivity index (χ4n) is 0.892. The van der Waals surface area contributed by atoms with Crippen LogP contribution in [-0.4, -0.2) is 11.2 Å². The summed E-state index contributed by atoms with van der Waals surface area (Å²) in [5, 5.41) is 8.95. The normalized spacial score (nSPS) is 13.5. The number of aliphatic hydroxyl groups excluding tert-OH is 1. The van der Waals surface area contributed by atoms with E-state index in [0.717, 1.165) is 0 Å². The largest absolute Gasteiger partial charge is 0.389 e. The molecule has 1 aromatic carbocycles. The Morgan fingerprint density at radius 2 is 2.23 bits per heavy atom. The minimum absolute atomic E-state index is 0.306. The van der Waals surface area contributed by atoms with Gasteiger partial charge >= 0.3 is 0 Å². The van der Waals surface area contributed by atoms with Crippen molar-refractivity contribution in [1.82, 2.24) is 0 Å². The van der Waals surface area contributed by atoms with Crippen LogP contribution in [0.5, 0.6) is 0 Å². The predicted octanol–water partition coefficient (Wildman–Crippen LogP) is 2.98. The highest BCUT2D eigenvalue weighted by atomic mass is 79.9. The van der Waals surface area contributed by atoms with Crippen LogP contribution in [0.4, 0.5) is 4.39 Å². The molecule has 0 radical (unpaired) electrons. The molecule has 0 fully saturated rings. The van der Waals surface area contributed by atoms with E-state index in [1.807, 2.05) is 0 Å². The first-order valence-corrected chi connectivity index (χ1v) is 4.71. The van der Waals surface area contributed by atoms with Crippen molar-refractivity contribution in [3.8, 4) is 0 Å². The first-order chi connectivity index (χ1) is 6.11. The Labute approximate surface area is 85.0 Å². The van der Waals surface area contributed by atoms with Crippen molar-refractivity contribution >= 4 is 22.0 Å². The third-order valence-electron chi connectivity index (χ3n) is 1.54. The van der Waals surface area contributed by atoms with Gasteiger partial charge in [-0.2, -0.15) is 0 Å². The average Bonchev–Trinajstić information content (AvgIpc) is 2.07. The highest BCUT2D eigenvalue weighted by Gasteiger charge is 2.01. The maximum atomic E-state index is 13.3. The third-order valence-corrected chi connectivity index (χ3v) is 2.15. The van der Waals surface area contributed by atoms with Gasteiger partial charge in [0.25, 0.3) is 0 Å². The molecule has 0 heterocycles. The van der Waals surface area contributed by atoms with Crippen LogP contribution in [0, 0.1) is 5.82 Å². The zero-order valence-corrected chi connectivity index (χ0v) is 8.75. The van der Waals surface area contributed by atoms with E-state index in [1.54, 1.807) is 31.2 Å². The highest BCUT2D eigenvalue weighted by molar-refractivity contribution is 9.10. The van der Waals surface area contributed by atoms with Gasteiger partial charge in [-0.15, -0.1) is 0 Å². The molecule has 1 unspecified atom stereocenters. The first-order valence-electron chi connectivity index (χ1n) is 3.91. The Bertz CT molecular complexity index is 321. The van der Waals surface area contributed by atoms with Gasteiger partial charge in [-0.1, -0.05) is 24.3 Å². The van der Waals surface area contributed by atoms with Crippen molar-refractivity contribution in [3.05, 3.63) is 40.1 Å². The summed E-state index contributed by atoms with van der Waals surface area (Å²) in [5.74, 6) is -0.306. The molecule has 0 aliphatic rings. The number of hydrogen-bond donors (Lipinski definition) is 1. The molecule has 70 valence electrons. The van der Waals surface area contributed by atoms with E-state index in [1.165, 1.54) is 6.08 Å². The number of aliphatic hydroxyl groups is 1. The molecule has 3 heteroatoms. The van der Waals surface area contributed by atoms with Gasteiger partial charge in [0.2, 0.25) is 0 Å². The van der Waals surface area contributed by atoms with E-state index in [-0.39, 0.29) is 5.82 Å². The zero-order chi connectivity index (χ0) is 9.84. The smallest absolute Gasteiger partial charge is 0.144 e. The van der Waals surface area contributed by atoms with Crippen LogP contribution in [-0.2, 0) is 0 Å². The van der Waals surface area contributed by atoms with Crippen molar-refractivity contribution in [2.75, 3.05) is 0 Å². The van der Waals surface area contributed by atoms with Crippen molar-refractivity contribution < 1.29 is 9.50 Å². The maximum Gasteiger partial charge on any atom is 0.144 e. The Morgan fingerprint density at radius 1 is 1.54 bits per heavy atom. The predicted molar refractivity (Wildman–Crippen MR) is 54.8 cm³/mol. The van der Waals surface area contributed by atoms with Gasteiger partial charge in [0.15, 0.2) is 0 Å². The van der Waals surface area contributed by atoms with Crippen LogP contribution in [0.25, 0.3) is 6.08 Å². The molecule has 0 amide bonds. The van der Waals surface area contributed by atoms with Crippen LogP contribution < -0.4 is 0 Å². The fourth-order valence-corrected chi connectivity index (χ4v) is 1.27. The molecule has 0 aromatic heterocycles. The quantitative estimate of drug-likeness (QED) is 0.849. The van der Waals surface area contributed by atoms with E-state index in [4.69, 9.17) is 5.11 Å². The van der Waals surface area contributed by atoms with Gasteiger partial charge in [-0.25, -0.2) is 4.39 Å². The van der Waals surface area contributed by atoms with Crippen LogP contribution in [0.15, 0.2) is 28.7 Å². The molecule has 1 atom stereocenters. The summed E-state index contributed by atoms with van der Waals surface area (Å²) in [5.41, 5.74) is 0.468. The van der Waals surface area contributed by atoms with Gasteiger partial charge in [0.05, 0.1) is 10.6 Å². The number of benzene rings is 1. The van der Waals surface area contributed by atoms with Gasteiger partial charge in [-0.05, 0) is 28.9 Å². The number of halogens is 2. The monoisotopic (exact) mass is 244 g/mol. The van der Waals surface area contributed by atoms with Crippen LogP contribution in [0.2, 0.25) is 0 Å². The Morgan fingerprint density at radius 3 is 2.85 bits per heavy atom. The van der Waals surface area contributed by atoms with Gasteiger partial charge < -0.3 is 5.11 Å². The number of rotatable bonds is 2. The molecule has 1 rings (SSSR count). The van der Waals surface area contributed by atoms with Crippen molar-refractivity contribution in [2.24, 2.45) is 0 Å². The molecule has 0 spiro atoms. The molecule has 0 aliphatic heterocycles. The second-order valence-corrected chi connectivity index (χ2v) is 3.60. The molecular formula is C10H10BrFO. The van der Waals surface area contributed by atoms with Crippen molar-refractivity contribution in [2.45, 2.75) is 13.0 Å². The van der Waals surface area contributed by atoms with E-state index < -0.39 is 6.10 Å². The molecule has 0 saturated heterocycles. The molecule has 1 nitrogen and oxygen atoms in total. The minimum atomic E-state index is -0.557. The van der Waals surface area contributed by atoms with Gasteiger partial charge in [-0.3, -0.25) is 0 Å². The van der Waals surface area contributed by atoms with Crippen LogP contribution in [0.3, 0.4) is 0 Å². The van der Waals surface area contributed by atoms with E-state index in [9.17, 15) is 4.39 Å². The first kappa shape index (κ1) is 10.4. The Kier molecular flexibility index (Phi) is 3.63. The second kappa shape index (κ2) is 4.53. The topological polar surface area (TPSA) is 20.2 Å². The lowest BCUT2D eigenvalue weighted by atomic mass is 10.2. The van der Waals surface area contributed by atoms with Crippen LogP contribution in [0.1, 0.15) is 12.5 Å². The lowest BCUT2D eigenvalue weighted by Crippen LogP contribution is -1.92. The summed E-state index contributed by atoms with van der Waals surface area (Å²) in [6.45, 7) is 1.62. The van der Waals surface area contributed by atoms with Gasteiger partial charge in [0.1, 0.15) is 5.82 Å². The maximum absolute atomic E-state index is 13.3. The summed E-state index contributed by atoms with van der Waals surface area (Å²) in [6.07, 6.45) is 2.54. The summed E-state index contributed by atoms with van der Waals surface area (Å²) in [4.78, 5) is 0. The zero-order valence-electron chi connectivity index (χ0n) is 7.17. The Hall–Kier alpha value is -0.670. The molecule has 0 bridgehead atoms. The molecule has 1 N–H and O–H groups in total. The standard InChI is InChI=1S/C10H10BrFO/c1-7(13)5-6-8-3-2-4-9(11)10(8)12/h2-7,13H,1H3/b6-5+. The van der Waals surface area contributed by atoms with Gasteiger partial charge in [0, 0.05) is 5.56 Å². The van der Waals surface area contributed by atoms with Crippen molar-refractivity contribution in [3.63, 3.8) is 0 Å². The third kappa shape index (κ3) is 2.94. The molecule has 13 heavy (non-hydrogen) atoms. The SMILES string of the molecule is CC(O)/C=C/c1cccc(Br)c1F. The molecular weight excluding hydrogens is 235 g/mol. The van der Waals surface area contributed by atoms with Crippen LogP contribution >= 0.6 is 15.9 Å². The lowest BCUT2D eigenvalue weighted by Gasteiger charge is -1.99. The minimum Gasteiger partial charge on any atom is -0.389 e. The second-order valence-electron chi connectivity index (χ2n) is 2.74. The summed E-state index contributed by atoms with van der Waals surface area (Å²) >= 11 is 3.08. The average molecular weight is 245 g/mol. The van der Waals surface area contributed by atoms with E-state index >= 15 is 0 Å². The Balaban J connectivity index is 2.95. The number of hydrogen-bond acceptors (Lipinski definition) is 1. The highest BCUT2D eigenvalue weighted by Crippen LogP contribution is 2.19.